The number of rotatable bonds is 5. The highest BCUT2D eigenvalue weighted by molar-refractivity contribution is 5.89. The summed E-state index contributed by atoms with van der Waals surface area (Å²) in [5.74, 6) is -0.0148. The minimum Gasteiger partial charge on any atom is -0.368 e. The van der Waals surface area contributed by atoms with Gasteiger partial charge >= 0.3 is 0 Å². The number of nitrogens with one attached hydrogen (secondary N) is 1. The number of carbonyl (C=O) groups is 1. The van der Waals surface area contributed by atoms with Crippen LogP contribution >= 0.6 is 0 Å². The topological polar surface area (TPSA) is 101 Å². The summed E-state index contributed by atoms with van der Waals surface area (Å²) in [6.45, 7) is 5.96. The second-order valence-corrected chi connectivity index (χ2v) is 5.97. The number of likely N-dealkylation sites (N-methyl/N-ethyl adjacent to an activating group) is 1. The summed E-state index contributed by atoms with van der Waals surface area (Å²) < 4.78 is 1.14. The van der Waals surface area contributed by atoms with E-state index in [9.17, 15) is 9.59 Å². The van der Waals surface area contributed by atoms with E-state index in [0.717, 1.165) is 36.5 Å². The lowest BCUT2D eigenvalue weighted by Gasteiger charge is -2.33. The van der Waals surface area contributed by atoms with Gasteiger partial charge in [-0.15, -0.1) is 5.10 Å². The summed E-state index contributed by atoms with van der Waals surface area (Å²) in [5, 5.41) is 14.8. The molecule has 1 fully saturated rings. The highest BCUT2D eigenvalue weighted by Gasteiger charge is 2.16. The van der Waals surface area contributed by atoms with Crippen molar-refractivity contribution in [2.75, 3.05) is 43.4 Å². The molecule has 1 N–H and O–H groups in total. The number of hydrogen-bond donors (Lipinski definition) is 1. The van der Waals surface area contributed by atoms with Crippen molar-refractivity contribution in [1.82, 2.24) is 29.7 Å². The van der Waals surface area contributed by atoms with E-state index in [-0.39, 0.29) is 18.0 Å². The molecule has 0 bridgehead atoms. The number of anilines is 2. The van der Waals surface area contributed by atoms with E-state index < -0.39 is 0 Å². The maximum Gasteiger partial charge on any atom is 0.269 e. The molecule has 1 aliphatic rings. The van der Waals surface area contributed by atoms with Gasteiger partial charge in [0.25, 0.3) is 5.56 Å². The van der Waals surface area contributed by atoms with Crippen molar-refractivity contribution >= 4 is 17.4 Å². The molecule has 1 saturated heterocycles. The molecule has 134 valence electrons. The molecule has 25 heavy (non-hydrogen) atoms. The molecule has 10 nitrogen and oxygen atoms in total. The van der Waals surface area contributed by atoms with Crippen LogP contribution < -0.4 is 15.8 Å². The maximum absolute atomic E-state index is 12.2. The monoisotopic (exact) mass is 346 g/mol. The van der Waals surface area contributed by atoms with E-state index in [1.54, 1.807) is 6.20 Å². The molecule has 0 aliphatic carbocycles. The molecule has 1 aliphatic heterocycles. The predicted molar refractivity (Wildman–Crippen MR) is 92.5 cm³/mol. The van der Waals surface area contributed by atoms with Gasteiger partial charge in [0.2, 0.25) is 5.91 Å². The number of nitrogens with zero attached hydrogens (tertiary/aromatic N) is 7. The second kappa shape index (κ2) is 7.43. The Morgan fingerprint density at radius 3 is 2.60 bits per heavy atom. The molecule has 0 spiro atoms. The van der Waals surface area contributed by atoms with Crippen LogP contribution in [0.2, 0.25) is 0 Å². The van der Waals surface area contributed by atoms with Gasteiger partial charge in [-0.05, 0) is 14.0 Å². The summed E-state index contributed by atoms with van der Waals surface area (Å²) in [6, 6.07) is 1.53. The lowest BCUT2D eigenvalue weighted by atomic mass is 10.3. The van der Waals surface area contributed by atoms with Crippen molar-refractivity contribution in [3.05, 3.63) is 28.8 Å². The summed E-state index contributed by atoms with van der Waals surface area (Å²) >= 11 is 0. The number of aromatic nitrogens is 5. The minimum absolute atomic E-state index is 0.166. The van der Waals surface area contributed by atoms with Crippen molar-refractivity contribution in [3.8, 4) is 0 Å². The number of piperazine rings is 1. The number of carbonyl (C=O) groups excluding carboxylic acids is 1. The van der Waals surface area contributed by atoms with Crippen LogP contribution in [0.25, 0.3) is 0 Å². The fraction of sp³-hybridized carbons (Fsp3) is 0.533. The Morgan fingerprint density at radius 2 is 1.96 bits per heavy atom. The van der Waals surface area contributed by atoms with Crippen LogP contribution in [0, 0.1) is 0 Å². The summed E-state index contributed by atoms with van der Waals surface area (Å²) in [4.78, 5) is 30.1. The third kappa shape index (κ3) is 4.21. The van der Waals surface area contributed by atoms with E-state index in [0.29, 0.717) is 12.4 Å². The molecule has 2 aromatic heterocycles. The van der Waals surface area contributed by atoms with Crippen LogP contribution in [-0.4, -0.2) is 68.8 Å². The van der Waals surface area contributed by atoms with Gasteiger partial charge in [-0.3, -0.25) is 9.59 Å². The zero-order valence-electron chi connectivity index (χ0n) is 14.4. The van der Waals surface area contributed by atoms with Gasteiger partial charge in [0.15, 0.2) is 5.82 Å². The van der Waals surface area contributed by atoms with Crippen molar-refractivity contribution in [3.63, 3.8) is 0 Å². The molecule has 0 unspecified atom stereocenters. The molecule has 0 saturated carbocycles. The van der Waals surface area contributed by atoms with Crippen LogP contribution in [0.5, 0.6) is 0 Å². The van der Waals surface area contributed by atoms with Gasteiger partial charge in [-0.25, -0.2) is 4.68 Å². The molecule has 0 aromatic carbocycles. The van der Waals surface area contributed by atoms with Gasteiger partial charge in [0.1, 0.15) is 6.54 Å². The fourth-order valence-corrected chi connectivity index (χ4v) is 2.61. The van der Waals surface area contributed by atoms with Crippen molar-refractivity contribution in [2.24, 2.45) is 0 Å². The van der Waals surface area contributed by atoms with Crippen LogP contribution in [0.1, 0.15) is 6.92 Å². The first-order valence-electron chi connectivity index (χ1n) is 8.26. The minimum atomic E-state index is -0.370. The average molecular weight is 346 g/mol. The molecular weight excluding hydrogens is 324 g/mol. The van der Waals surface area contributed by atoms with E-state index in [1.807, 2.05) is 6.92 Å². The largest absolute Gasteiger partial charge is 0.368 e. The van der Waals surface area contributed by atoms with Crippen LogP contribution in [-0.2, 0) is 17.9 Å². The predicted octanol–water partition coefficient (Wildman–Crippen LogP) is -0.755. The SMILES string of the molecule is CCn1ncc(NC(=O)Cn2ncc(N3CCN(C)CC3)cc2=O)n1. The molecular formula is C15H22N8O2. The standard InChI is InChI=1S/C15H22N8O2/c1-3-23-17-10-13(19-23)18-14(24)11-22-15(25)8-12(9-16-22)21-6-4-20(2)5-7-21/h8-10H,3-7,11H2,1-2H3,(H,18,19,24). The fourth-order valence-electron chi connectivity index (χ4n) is 2.61. The summed E-state index contributed by atoms with van der Waals surface area (Å²) in [7, 11) is 2.07. The zero-order chi connectivity index (χ0) is 17.8. The summed E-state index contributed by atoms with van der Waals surface area (Å²) in [6.07, 6.45) is 3.10. The molecule has 3 rings (SSSR count). The van der Waals surface area contributed by atoms with Crippen molar-refractivity contribution in [2.45, 2.75) is 20.0 Å². The molecule has 0 atom stereocenters. The Bertz CT molecular complexity index is 791. The van der Waals surface area contributed by atoms with E-state index in [4.69, 9.17) is 0 Å². The first-order chi connectivity index (χ1) is 12.0. The lowest BCUT2D eigenvalue weighted by Crippen LogP contribution is -2.45. The first-order valence-corrected chi connectivity index (χ1v) is 8.26. The van der Waals surface area contributed by atoms with Gasteiger partial charge < -0.3 is 15.1 Å². The van der Waals surface area contributed by atoms with Gasteiger partial charge in [0, 0.05) is 32.2 Å². The number of hydrogen-bond acceptors (Lipinski definition) is 7. The lowest BCUT2D eigenvalue weighted by molar-refractivity contribution is -0.117. The number of amides is 1. The zero-order valence-corrected chi connectivity index (χ0v) is 14.4. The van der Waals surface area contributed by atoms with Crippen LogP contribution in [0.15, 0.2) is 23.3 Å². The van der Waals surface area contributed by atoms with Crippen LogP contribution in [0.4, 0.5) is 11.5 Å². The molecule has 0 radical (unpaired) electrons. The maximum atomic E-state index is 12.2. The Kier molecular flexibility index (Phi) is 5.08. The number of aryl methyl sites for hydroxylation is 1. The van der Waals surface area contributed by atoms with Crippen LogP contribution in [0.3, 0.4) is 0 Å². The first kappa shape index (κ1) is 17.1. The van der Waals surface area contributed by atoms with Gasteiger partial charge in [0.05, 0.1) is 24.6 Å². The smallest absolute Gasteiger partial charge is 0.269 e. The Hall–Kier alpha value is -2.75. The third-order valence-corrected chi connectivity index (χ3v) is 4.10. The normalized spacial score (nSPS) is 15.4. The summed E-state index contributed by atoms with van der Waals surface area (Å²) in [5.41, 5.74) is 0.490. The van der Waals surface area contributed by atoms with Gasteiger partial charge in [-0.2, -0.15) is 15.0 Å². The molecule has 3 heterocycles. The molecule has 1 amide bonds. The van der Waals surface area contributed by atoms with Crippen molar-refractivity contribution < 1.29 is 4.79 Å². The average Bonchev–Trinajstić information content (AvgIpc) is 3.05. The van der Waals surface area contributed by atoms with Gasteiger partial charge in [-0.1, -0.05) is 0 Å². The second-order valence-electron chi connectivity index (χ2n) is 5.97. The highest BCUT2D eigenvalue weighted by Crippen LogP contribution is 2.12. The van der Waals surface area contributed by atoms with E-state index >= 15 is 0 Å². The third-order valence-electron chi connectivity index (χ3n) is 4.10. The Labute approximate surface area is 145 Å². The molecule has 2 aromatic rings. The Balaban J connectivity index is 1.62. The highest BCUT2D eigenvalue weighted by atomic mass is 16.2. The van der Waals surface area contributed by atoms with Crippen molar-refractivity contribution in [1.29, 1.82) is 0 Å². The van der Waals surface area contributed by atoms with E-state index in [2.05, 4.69) is 37.5 Å². The van der Waals surface area contributed by atoms with E-state index in [1.165, 1.54) is 17.1 Å². The quantitative estimate of drug-likeness (QED) is 0.760. The molecule has 10 heteroatoms. The Morgan fingerprint density at radius 1 is 1.20 bits per heavy atom.